The molecule has 0 spiro atoms. The number of aromatic nitrogens is 2. The van der Waals surface area contributed by atoms with E-state index >= 15 is 0 Å². The zero-order valence-corrected chi connectivity index (χ0v) is 17.2. The number of hydrogen-bond acceptors (Lipinski definition) is 3. The van der Waals surface area contributed by atoms with E-state index in [2.05, 4.69) is 11.4 Å². The monoisotopic (exact) mass is 409 g/mol. The highest BCUT2D eigenvalue weighted by molar-refractivity contribution is 6.30. The fourth-order valence-corrected chi connectivity index (χ4v) is 3.56. The van der Waals surface area contributed by atoms with Crippen LogP contribution >= 0.6 is 11.6 Å². The number of methoxy groups -OCH3 is 1. The summed E-state index contributed by atoms with van der Waals surface area (Å²) in [4.78, 5) is 12.3. The molecule has 2 aromatic carbocycles. The summed E-state index contributed by atoms with van der Waals surface area (Å²) in [6.07, 6.45) is 3.41. The Hall–Kier alpha value is -2.79. The van der Waals surface area contributed by atoms with Gasteiger partial charge in [0.05, 0.1) is 18.5 Å². The third kappa shape index (κ3) is 4.98. The number of carbonyl (C=O) groups excluding carboxylic acids is 1. The largest absolute Gasteiger partial charge is 0.497 e. The summed E-state index contributed by atoms with van der Waals surface area (Å²) >= 11 is 5.99. The van der Waals surface area contributed by atoms with Crippen LogP contribution in [0.1, 0.15) is 42.1 Å². The fourth-order valence-electron chi connectivity index (χ4n) is 3.35. The van der Waals surface area contributed by atoms with E-state index in [-0.39, 0.29) is 5.91 Å². The van der Waals surface area contributed by atoms with E-state index in [0.29, 0.717) is 30.3 Å². The van der Waals surface area contributed by atoms with E-state index in [1.807, 2.05) is 53.2 Å². The molecule has 1 amide bonds. The van der Waals surface area contributed by atoms with Crippen molar-refractivity contribution in [1.29, 1.82) is 0 Å². The normalized spacial score (nSPS) is 13.3. The van der Waals surface area contributed by atoms with Crippen LogP contribution in [0.15, 0.2) is 54.6 Å². The van der Waals surface area contributed by atoms with Gasteiger partial charge in [-0.15, -0.1) is 0 Å². The topological polar surface area (TPSA) is 56.2 Å². The Kier molecular flexibility index (Phi) is 5.86. The number of amides is 1. The van der Waals surface area contributed by atoms with Gasteiger partial charge in [-0.3, -0.25) is 4.79 Å². The Labute approximate surface area is 175 Å². The van der Waals surface area contributed by atoms with Crippen LogP contribution < -0.4 is 10.1 Å². The minimum Gasteiger partial charge on any atom is -0.497 e. The summed E-state index contributed by atoms with van der Waals surface area (Å²) in [5.74, 6) is 1.40. The Morgan fingerprint density at radius 3 is 2.69 bits per heavy atom. The first-order valence-corrected chi connectivity index (χ1v) is 10.2. The molecule has 0 bridgehead atoms. The van der Waals surface area contributed by atoms with E-state index < -0.39 is 0 Å². The van der Waals surface area contributed by atoms with Crippen LogP contribution in [0.5, 0.6) is 5.75 Å². The van der Waals surface area contributed by atoms with Crippen LogP contribution in [-0.2, 0) is 17.8 Å². The van der Waals surface area contributed by atoms with E-state index in [9.17, 15) is 4.79 Å². The van der Waals surface area contributed by atoms with Crippen LogP contribution in [0.4, 0.5) is 0 Å². The lowest BCUT2D eigenvalue weighted by molar-refractivity contribution is -0.121. The molecule has 6 heteroatoms. The first-order valence-electron chi connectivity index (χ1n) is 9.87. The molecule has 4 rings (SSSR count). The van der Waals surface area contributed by atoms with E-state index in [1.54, 1.807) is 7.11 Å². The number of halogens is 1. The molecule has 1 aliphatic rings. The van der Waals surface area contributed by atoms with Gasteiger partial charge in [0.25, 0.3) is 0 Å². The standard InChI is InChI=1S/C23H24ClN3O2/c1-29-21-10-8-20(9-11-21)27-22(17-5-6-17)14-19(26-27)7-12-23(28)25-15-16-3-2-4-18(24)13-16/h2-4,8-11,13-14,17H,5-7,12,15H2,1H3,(H,25,28). The second kappa shape index (κ2) is 8.70. The molecule has 0 aliphatic heterocycles. The Balaban J connectivity index is 1.39. The van der Waals surface area contributed by atoms with Gasteiger partial charge in [-0.05, 0) is 60.9 Å². The molecule has 1 aliphatic carbocycles. The Morgan fingerprint density at radius 2 is 2.00 bits per heavy atom. The van der Waals surface area contributed by atoms with Gasteiger partial charge in [-0.1, -0.05) is 23.7 Å². The Bertz CT molecular complexity index is 994. The maximum absolute atomic E-state index is 12.3. The highest BCUT2D eigenvalue weighted by atomic mass is 35.5. The quantitative estimate of drug-likeness (QED) is 0.588. The van der Waals surface area contributed by atoms with Crippen LogP contribution in [0, 0.1) is 0 Å². The summed E-state index contributed by atoms with van der Waals surface area (Å²) in [6.45, 7) is 0.479. The van der Waals surface area contributed by atoms with Gasteiger partial charge in [-0.2, -0.15) is 5.10 Å². The fraction of sp³-hybridized carbons (Fsp3) is 0.304. The van der Waals surface area contributed by atoms with Crippen LogP contribution in [0.2, 0.25) is 5.02 Å². The average Bonchev–Trinajstić information content (AvgIpc) is 3.50. The predicted octanol–water partition coefficient (Wildman–Crippen LogP) is 4.66. The number of ether oxygens (including phenoxy) is 1. The van der Waals surface area contributed by atoms with Crippen molar-refractivity contribution in [3.05, 3.63) is 76.6 Å². The van der Waals surface area contributed by atoms with Gasteiger partial charge in [0.1, 0.15) is 5.75 Å². The van der Waals surface area contributed by atoms with E-state index in [1.165, 1.54) is 18.5 Å². The summed E-state index contributed by atoms with van der Waals surface area (Å²) < 4.78 is 7.26. The maximum atomic E-state index is 12.3. The molecular formula is C23H24ClN3O2. The first kappa shape index (κ1) is 19.5. The molecule has 29 heavy (non-hydrogen) atoms. The SMILES string of the molecule is COc1ccc(-n2nc(CCC(=O)NCc3cccc(Cl)c3)cc2C2CC2)cc1. The van der Waals surface area contributed by atoms with E-state index in [0.717, 1.165) is 22.7 Å². The minimum absolute atomic E-state index is 0.0111. The van der Waals surface area contributed by atoms with Gasteiger partial charge in [0, 0.05) is 36.0 Å². The summed E-state index contributed by atoms with van der Waals surface area (Å²) in [5.41, 5.74) is 4.18. The molecule has 5 nitrogen and oxygen atoms in total. The molecule has 1 N–H and O–H groups in total. The molecule has 1 heterocycles. The molecule has 0 atom stereocenters. The van der Waals surface area contributed by atoms with Gasteiger partial charge in [-0.25, -0.2) is 4.68 Å². The van der Waals surface area contributed by atoms with Crippen molar-refractivity contribution >= 4 is 17.5 Å². The van der Waals surface area contributed by atoms with Crippen molar-refractivity contribution in [2.45, 2.75) is 38.1 Å². The van der Waals surface area contributed by atoms with Gasteiger partial charge < -0.3 is 10.1 Å². The number of benzene rings is 2. The second-order valence-electron chi connectivity index (χ2n) is 7.35. The van der Waals surface area contributed by atoms with Crippen LogP contribution in [0.3, 0.4) is 0 Å². The minimum atomic E-state index is 0.0111. The number of carbonyl (C=O) groups is 1. The summed E-state index contributed by atoms with van der Waals surface area (Å²) in [7, 11) is 1.66. The van der Waals surface area contributed by atoms with Crippen molar-refractivity contribution in [3.63, 3.8) is 0 Å². The van der Waals surface area contributed by atoms with Crippen molar-refractivity contribution in [2.24, 2.45) is 0 Å². The highest BCUT2D eigenvalue weighted by Gasteiger charge is 2.28. The predicted molar refractivity (Wildman–Crippen MR) is 114 cm³/mol. The van der Waals surface area contributed by atoms with Crippen molar-refractivity contribution < 1.29 is 9.53 Å². The molecule has 0 radical (unpaired) electrons. The number of aryl methyl sites for hydroxylation is 1. The number of hydrogen-bond donors (Lipinski definition) is 1. The first-order chi connectivity index (χ1) is 14.1. The third-order valence-electron chi connectivity index (χ3n) is 5.09. The lowest BCUT2D eigenvalue weighted by Crippen LogP contribution is -2.23. The number of nitrogens with zero attached hydrogens (tertiary/aromatic N) is 2. The van der Waals surface area contributed by atoms with Crippen molar-refractivity contribution in [3.8, 4) is 11.4 Å². The molecule has 1 fully saturated rings. The zero-order valence-electron chi connectivity index (χ0n) is 16.4. The zero-order chi connectivity index (χ0) is 20.2. The Morgan fingerprint density at radius 1 is 1.21 bits per heavy atom. The van der Waals surface area contributed by atoms with Gasteiger partial charge in [0.15, 0.2) is 0 Å². The molecule has 3 aromatic rings. The molecular weight excluding hydrogens is 386 g/mol. The molecule has 1 saturated carbocycles. The summed E-state index contributed by atoms with van der Waals surface area (Å²) in [6, 6.07) is 17.6. The highest BCUT2D eigenvalue weighted by Crippen LogP contribution is 2.41. The maximum Gasteiger partial charge on any atom is 0.220 e. The van der Waals surface area contributed by atoms with Crippen LogP contribution in [-0.4, -0.2) is 22.8 Å². The number of nitrogens with one attached hydrogen (secondary N) is 1. The van der Waals surface area contributed by atoms with Crippen molar-refractivity contribution in [1.82, 2.24) is 15.1 Å². The van der Waals surface area contributed by atoms with E-state index in [4.69, 9.17) is 21.4 Å². The molecule has 1 aromatic heterocycles. The van der Waals surface area contributed by atoms with Crippen LogP contribution in [0.25, 0.3) is 5.69 Å². The van der Waals surface area contributed by atoms with Gasteiger partial charge in [0.2, 0.25) is 5.91 Å². The number of rotatable bonds is 8. The van der Waals surface area contributed by atoms with Crippen molar-refractivity contribution in [2.75, 3.05) is 7.11 Å². The third-order valence-corrected chi connectivity index (χ3v) is 5.32. The average molecular weight is 410 g/mol. The summed E-state index contributed by atoms with van der Waals surface area (Å²) in [5, 5.41) is 8.40. The second-order valence-corrected chi connectivity index (χ2v) is 7.79. The molecule has 0 saturated heterocycles. The lowest BCUT2D eigenvalue weighted by atomic mass is 10.2. The lowest BCUT2D eigenvalue weighted by Gasteiger charge is -2.07. The molecule has 0 unspecified atom stereocenters. The smallest absolute Gasteiger partial charge is 0.220 e. The van der Waals surface area contributed by atoms with Gasteiger partial charge >= 0.3 is 0 Å². The molecule has 150 valence electrons.